The molecule has 0 aliphatic carbocycles. The SMILES string of the molecule is COc1ccccc1C(=O)OCc1cc(=O)oc2cc(NC(C)=O)ccc12. The van der Waals surface area contributed by atoms with Crippen molar-refractivity contribution in [2.45, 2.75) is 13.5 Å². The van der Waals surface area contributed by atoms with Crippen molar-refractivity contribution in [1.82, 2.24) is 0 Å². The molecule has 27 heavy (non-hydrogen) atoms. The fourth-order valence-electron chi connectivity index (χ4n) is 2.66. The molecule has 138 valence electrons. The van der Waals surface area contributed by atoms with Crippen molar-refractivity contribution in [3.63, 3.8) is 0 Å². The van der Waals surface area contributed by atoms with Crippen LogP contribution < -0.4 is 15.7 Å². The highest BCUT2D eigenvalue weighted by atomic mass is 16.5. The third-order valence-electron chi connectivity index (χ3n) is 3.84. The van der Waals surface area contributed by atoms with Crippen molar-refractivity contribution >= 4 is 28.5 Å². The van der Waals surface area contributed by atoms with E-state index in [2.05, 4.69) is 5.32 Å². The summed E-state index contributed by atoms with van der Waals surface area (Å²) in [5, 5.41) is 3.23. The third-order valence-corrected chi connectivity index (χ3v) is 3.84. The Balaban J connectivity index is 1.87. The van der Waals surface area contributed by atoms with Crippen LogP contribution in [0.2, 0.25) is 0 Å². The molecule has 0 saturated carbocycles. The van der Waals surface area contributed by atoms with Crippen LogP contribution in [0.1, 0.15) is 22.8 Å². The molecule has 0 radical (unpaired) electrons. The summed E-state index contributed by atoms with van der Waals surface area (Å²) in [5.41, 5.74) is 1.00. The molecule has 2 aromatic carbocycles. The molecular formula is C20H17NO6. The van der Waals surface area contributed by atoms with Gasteiger partial charge in [-0.25, -0.2) is 9.59 Å². The van der Waals surface area contributed by atoms with Gasteiger partial charge in [0.15, 0.2) is 0 Å². The molecule has 1 aromatic heterocycles. The van der Waals surface area contributed by atoms with E-state index < -0.39 is 11.6 Å². The summed E-state index contributed by atoms with van der Waals surface area (Å²) < 4.78 is 15.7. The zero-order valence-corrected chi connectivity index (χ0v) is 14.8. The zero-order valence-electron chi connectivity index (χ0n) is 14.8. The minimum atomic E-state index is -0.578. The fourth-order valence-corrected chi connectivity index (χ4v) is 2.66. The first-order chi connectivity index (χ1) is 13.0. The van der Waals surface area contributed by atoms with Gasteiger partial charge in [0.1, 0.15) is 23.5 Å². The van der Waals surface area contributed by atoms with Gasteiger partial charge >= 0.3 is 11.6 Å². The Morgan fingerprint density at radius 3 is 2.63 bits per heavy atom. The number of amides is 1. The van der Waals surface area contributed by atoms with Gasteiger partial charge in [-0.2, -0.15) is 0 Å². The summed E-state index contributed by atoms with van der Waals surface area (Å²) in [6, 6.07) is 12.9. The number of nitrogens with one attached hydrogen (secondary N) is 1. The standard InChI is InChI=1S/C20H17NO6/c1-12(22)21-14-7-8-15-13(9-19(23)27-18(15)10-14)11-26-20(24)16-5-3-4-6-17(16)25-2/h3-10H,11H2,1-2H3,(H,21,22). The number of anilines is 1. The lowest BCUT2D eigenvalue weighted by atomic mass is 10.1. The summed E-state index contributed by atoms with van der Waals surface area (Å²) in [5.74, 6) is -0.401. The van der Waals surface area contributed by atoms with Crippen molar-refractivity contribution in [2.24, 2.45) is 0 Å². The molecule has 0 aliphatic heterocycles. The summed E-state index contributed by atoms with van der Waals surface area (Å²) in [6.07, 6.45) is 0. The molecular weight excluding hydrogens is 350 g/mol. The van der Waals surface area contributed by atoms with Crippen molar-refractivity contribution in [3.05, 3.63) is 70.1 Å². The number of rotatable bonds is 5. The lowest BCUT2D eigenvalue weighted by molar-refractivity contribution is -0.114. The molecule has 0 spiro atoms. The largest absolute Gasteiger partial charge is 0.496 e. The highest BCUT2D eigenvalue weighted by Crippen LogP contribution is 2.23. The Bertz CT molecular complexity index is 1070. The number of esters is 1. The molecule has 0 atom stereocenters. The van der Waals surface area contributed by atoms with Crippen LogP contribution in [0.3, 0.4) is 0 Å². The first-order valence-electron chi connectivity index (χ1n) is 8.12. The van der Waals surface area contributed by atoms with Gasteiger partial charge in [-0.15, -0.1) is 0 Å². The molecule has 1 heterocycles. The number of hydrogen-bond acceptors (Lipinski definition) is 6. The van der Waals surface area contributed by atoms with Crippen LogP contribution in [0, 0.1) is 0 Å². The normalized spacial score (nSPS) is 10.4. The number of ether oxygens (including phenoxy) is 2. The maximum absolute atomic E-state index is 12.3. The smallest absolute Gasteiger partial charge is 0.342 e. The predicted octanol–water partition coefficient (Wildman–Crippen LogP) is 3.12. The van der Waals surface area contributed by atoms with E-state index in [1.54, 1.807) is 42.5 Å². The minimum absolute atomic E-state index is 0.113. The Labute approximate surface area is 154 Å². The second-order valence-electron chi connectivity index (χ2n) is 5.76. The van der Waals surface area contributed by atoms with E-state index in [1.165, 1.54) is 20.1 Å². The zero-order chi connectivity index (χ0) is 19.4. The van der Waals surface area contributed by atoms with Crippen LogP contribution >= 0.6 is 0 Å². The van der Waals surface area contributed by atoms with E-state index in [1.807, 2.05) is 0 Å². The number of carbonyl (C=O) groups excluding carboxylic acids is 2. The first kappa shape index (κ1) is 18.2. The van der Waals surface area contributed by atoms with Crippen LogP contribution in [0.4, 0.5) is 5.69 Å². The molecule has 0 bridgehead atoms. The molecule has 0 saturated heterocycles. The van der Waals surface area contributed by atoms with Crippen LogP contribution in [0.15, 0.2) is 57.7 Å². The van der Waals surface area contributed by atoms with Crippen LogP contribution in [0.25, 0.3) is 11.0 Å². The molecule has 0 fully saturated rings. The molecule has 0 unspecified atom stereocenters. The summed E-state index contributed by atoms with van der Waals surface area (Å²) in [7, 11) is 1.47. The number of para-hydroxylation sites is 1. The van der Waals surface area contributed by atoms with Gasteiger partial charge in [-0.3, -0.25) is 4.79 Å². The van der Waals surface area contributed by atoms with Gasteiger partial charge in [0, 0.05) is 35.7 Å². The molecule has 3 rings (SSSR count). The quantitative estimate of drug-likeness (QED) is 0.550. The number of methoxy groups -OCH3 is 1. The van der Waals surface area contributed by atoms with Gasteiger partial charge in [0.05, 0.1) is 7.11 Å². The lowest BCUT2D eigenvalue weighted by Gasteiger charge is -2.10. The minimum Gasteiger partial charge on any atom is -0.496 e. The van der Waals surface area contributed by atoms with E-state index in [0.29, 0.717) is 28.0 Å². The van der Waals surface area contributed by atoms with Gasteiger partial charge < -0.3 is 19.2 Å². The van der Waals surface area contributed by atoms with Gasteiger partial charge in [0.2, 0.25) is 5.91 Å². The van der Waals surface area contributed by atoms with Crippen LogP contribution in [-0.4, -0.2) is 19.0 Å². The van der Waals surface area contributed by atoms with Crippen LogP contribution in [0.5, 0.6) is 5.75 Å². The average molecular weight is 367 g/mol. The number of benzene rings is 2. The maximum Gasteiger partial charge on any atom is 0.342 e. The number of hydrogen-bond donors (Lipinski definition) is 1. The number of fused-ring (bicyclic) bond motifs is 1. The second-order valence-corrected chi connectivity index (χ2v) is 5.76. The topological polar surface area (TPSA) is 94.8 Å². The predicted molar refractivity (Wildman–Crippen MR) is 98.9 cm³/mol. The van der Waals surface area contributed by atoms with E-state index in [4.69, 9.17) is 13.9 Å². The second kappa shape index (κ2) is 7.74. The highest BCUT2D eigenvalue weighted by molar-refractivity contribution is 5.93. The van der Waals surface area contributed by atoms with Crippen molar-refractivity contribution < 1.29 is 23.5 Å². The monoisotopic (exact) mass is 367 g/mol. The van der Waals surface area contributed by atoms with E-state index >= 15 is 0 Å². The Hall–Kier alpha value is -3.61. The molecule has 3 aromatic rings. The first-order valence-corrected chi connectivity index (χ1v) is 8.12. The summed E-state index contributed by atoms with van der Waals surface area (Å²) in [4.78, 5) is 35.4. The maximum atomic E-state index is 12.3. The lowest BCUT2D eigenvalue weighted by Crippen LogP contribution is -2.09. The highest BCUT2D eigenvalue weighted by Gasteiger charge is 2.15. The molecule has 0 aliphatic rings. The Morgan fingerprint density at radius 2 is 1.89 bits per heavy atom. The van der Waals surface area contributed by atoms with E-state index in [9.17, 15) is 14.4 Å². The Morgan fingerprint density at radius 1 is 1.11 bits per heavy atom. The van der Waals surface area contributed by atoms with Gasteiger partial charge in [0.25, 0.3) is 0 Å². The molecule has 7 heteroatoms. The third kappa shape index (κ3) is 4.14. The summed E-state index contributed by atoms with van der Waals surface area (Å²) in [6.45, 7) is 1.27. The van der Waals surface area contributed by atoms with Gasteiger partial charge in [-0.05, 0) is 24.3 Å². The molecule has 1 amide bonds. The van der Waals surface area contributed by atoms with Crippen molar-refractivity contribution in [1.29, 1.82) is 0 Å². The van der Waals surface area contributed by atoms with Crippen molar-refractivity contribution in [3.8, 4) is 5.75 Å². The van der Waals surface area contributed by atoms with Crippen LogP contribution in [-0.2, 0) is 16.1 Å². The summed E-state index contributed by atoms with van der Waals surface area (Å²) >= 11 is 0. The Kier molecular flexibility index (Phi) is 5.21. The number of carbonyl (C=O) groups is 2. The molecule has 7 nitrogen and oxygen atoms in total. The van der Waals surface area contributed by atoms with E-state index in [-0.39, 0.29) is 18.1 Å². The molecule has 1 N–H and O–H groups in total. The van der Waals surface area contributed by atoms with Crippen molar-refractivity contribution in [2.75, 3.05) is 12.4 Å². The van der Waals surface area contributed by atoms with Gasteiger partial charge in [-0.1, -0.05) is 12.1 Å². The average Bonchev–Trinajstić information content (AvgIpc) is 2.64. The van der Waals surface area contributed by atoms with E-state index in [0.717, 1.165) is 0 Å². The fraction of sp³-hybridized carbons (Fsp3) is 0.150.